The molecule has 130 valence electrons. The summed E-state index contributed by atoms with van der Waals surface area (Å²) in [6.07, 6.45) is 12.0. The second-order valence-corrected chi connectivity index (χ2v) is 8.38. The first-order chi connectivity index (χ1) is 11.1. The number of rotatable bonds is 12. The third-order valence-electron chi connectivity index (χ3n) is 3.79. The first kappa shape index (κ1) is 20.4. The molecule has 0 spiro atoms. The van der Waals surface area contributed by atoms with Crippen molar-refractivity contribution in [1.29, 1.82) is 0 Å². The monoisotopic (exact) mass is 400 g/mol. The molecule has 0 aromatic carbocycles. The van der Waals surface area contributed by atoms with E-state index in [4.69, 9.17) is 0 Å². The van der Waals surface area contributed by atoms with Crippen molar-refractivity contribution in [2.24, 2.45) is 5.10 Å². The van der Waals surface area contributed by atoms with Crippen LogP contribution in [-0.2, 0) is 4.79 Å². The van der Waals surface area contributed by atoms with Gasteiger partial charge < -0.3 is 0 Å². The van der Waals surface area contributed by atoms with E-state index in [0.29, 0.717) is 6.42 Å². The van der Waals surface area contributed by atoms with E-state index in [1.54, 1.807) is 11.3 Å². The van der Waals surface area contributed by atoms with Gasteiger partial charge >= 0.3 is 0 Å². The molecule has 1 rings (SSSR count). The summed E-state index contributed by atoms with van der Waals surface area (Å²) < 4.78 is 1.07. The summed E-state index contributed by atoms with van der Waals surface area (Å²) in [4.78, 5) is 12.8. The largest absolute Gasteiger partial charge is 0.273 e. The summed E-state index contributed by atoms with van der Waals surface area (Å²) in [5.41, 5.74) is 3.50. The SMILES string of the molecule is CCCCCCCCCCCC(=O)N/N=C(\C)c1ccc(Br)s1. The van der Waals surface area contributed by atoms with Crippen molar-refractivity contribution in [3.8, 4) is 0 Å². The number of hydrogen-bond acceptors (Lipinski definition) is 3. The molecule has 1 heterocycles. The minimum Gasteiger partial charge on any atom is -0.273 e. The van der Waals surface area contributed by atoms with Gasteiger partial charge in [-0.25, -0.2) is 5.43 Å². The van der Waals surface area contributed by atoms with Gasteiger partial charge in [0.25, 0.3) is 0 Å². The fourth-order valence-electron chi connectivity index (χ4n) is 2.36. The Balaban J connectivity index is 2.04. The summed E-state index contributed by atoms with van der Waals surface area (Å²) in [7, 11) is 0. The lowest BCUT2D eigenvalue weighted by atomic mass is 10.1. The lowest BCUT2D eigenvalue weighted by molar-refractivity contribution is -0.121. The maximum Gasteiger partial charge on any atom is 0.240 e. The molecule has 0 aliphatic carbocycles. The molecule has 1 aromatic heterocycles. The van der Waals surface area contributed by atoms with Crippen LogP contribution in [0.4, 0.5) is 0 Å². The van der Waals surface area contributed by atoms with E-state index in [0.717, 1.165) is 27.2 Å². The highest BCUT2D eigenvalue weighted by atomic mass is 79.9. The molecule has 5 heteroatoms. The molecule has 0 bridgehead atoms. The Morgan fingerprint density at radius 2 is 1.70 bits per heavy atom. The highest BCUT2D eigenvalue weighted by Gasteiger charge is 2.03. The number of carbonyl (C=O) groups is 1. The van der Waals surface area contributed by atoms with Gasteiger partial charge in [-0.05, 0) is 41.4 Å². The van der Waals surface area contributed by atoms with Crippen LogP contribution in [0.2, 0.25) is 0 Å². The maximum atomic E-state index is 11.8. The molecule has 1 aromatic rings. The van der Waals surface area contributed by atoms with Crippen LogP contribution < -0.4 is 5.43 Å². The average molecular weight is 401 g/mol. The zero-order valence-corrected chi connectivity index (χ0v) is 16.8. The van der Waals surface area contributed by atoms with Gasteiger partial charge in [-0.3, -0.25) is 4.79 Å². The molecular formula is C18H29BrN2OS. The molecule has 0 unspecified atom stereocenters. The molecule has 23 heavy (non-hydrogen) atoms. The molecule has 0 saturated carbocycles. The normalized spacial score (nSPS) is 11.7. The molecule has 0 fully saturated rings. The van der Waals surface area contributed by atoms with Crippen molar-refractivity contribution >= 4 is 38.9 Å². The standard InChI is InChI=1S/C18H29BrN2OS/c1-3-4-5-6-7-8-9-10-11-12-18(22)21-20-15(2)16-13-14-17(19)23-16/h13-14H,3-12H2,1-2H3,(H,21,22)/b20-15+. The lowest BCUT2D eigenvalue weighted by Crippen LogP contribution is -2.18. The number of amides is 1. The van der Waals surface area contributed by atoms with Gasteiger partial charge in [-0.1, -0.05) is 58.3 Å². The van der Waals surface area contributed by atoms with Crippen LogP contribution >= 0.6 is 27.3 Å². The van der Waals surface area contributed by atoms with Gasteiger partial charge in [-0.2, -0.15) is 5.10 Å². The molecule has 3 nitrogen and oxygen atoms in total. The van der Waals surface area contributed by atoms with Crippen LogP contribution in [0.5, 0.6) is 0 Å². The smallest absolute Gasteiger partial charge is 0.240 e. The van der Waals surface area contributed by atoms with Crippen LogP contribution in [-0.4, -0.2) is 11.6 Å². The zero-order valence-electron chi connectivity index (χ0n) is 14.4. The van der Waals surface area contributed by atoms with Gasteiger partial charge in [0, 0.05) is 6.42 Å². The van der Waals surface area contributed by atoms with Crippen LogP contribution in [0, 0.1) is 0 Å². The van der Waals surface area contributed by atoms with Gasteiger partial charge in [0.15, 0.2) is 0 Å². The van der Waals surface area contributed by atoms with E-state index in [9.17, 15) is 4.79 Å². The Morgan fingerprint density at radius 3 is 2.26 bits per heavy atom. The molecule has 0 radical (unpaired) electrons. The summed E-state index contributed by atoms with van der Waals surface area (Å²) >= 11 is 5.04. The summed E-state index contributed by atoms with van der Waals surface area (Å²) in [6.45, 7) is 4.16. The molecule has 0 atom stereocenters. The number of halogens is 1. The van der Waals surface area contributed by atoms with Crippen molar-refractivity contribution in [3.63, 3.8) is 0 Å². The fraction of sp³-hybridized carbons (Fsp3) is 0.667. The van der Waals surface area contributed by atoms with Crippen molar-refractivity contribution in [1.82, 2.24) is 5.43 Å². The quantitative estimate of drug-likeness (QED) is 0.250. The summed E-state index contributed by atoms with van der Waals surface area (Å²) in [6, 6.07) is 3.99. The average Bonchev–Trinajstić information content (AvgIpc) is 2.97. The van der Waals surface area contributed by atoms with E-state index in [1.807, 2.05) is 19.1 Å². The van der Waals surface area contributed by atoms with Crippen LogP contribution in [0.1, 0.15) is 82.9 Å². The lowest BCUT2D eigenvalue weighted by Gasteiger charge is -2.03. The van der Waals surface area contributed by atoms with Gasteiger partial charge in [0.1, 0.15) is 0 Å². The first-order valence-corrected chi connectivity index (χ1v) is 10.3. The summed E-state index contributed by atoms with van der Waals surface area (Å²) in [5.74, 6) is 0.0166. The minimum absolute atomic E-state index is 0.0166. The number of carbonyl (C=O) groups excluding carboxylic acids is 1. The van der Waals surface area contributed by atoms with Crippen LogP contribution in [0.15, 0.2) is 21.0 Å². The van der Waals surface area contributed by atoms with Gasteiger partial charge in [-0.15, -0.1) is 11.3 Å². The van der Waals surface area contributed by atoms with Gasteiger partial charge in [0.2, 0.25) is 5.91 Å². The highest BCUT2D eigenvalue weighted by molar-refractivity contribution is 9.11. The Hall–Kier alpha value is -0.680. The predicted molar refractivity (Wildman–Crippen MR) is 104 cm³/mol. The first-order valence-electron chi connectivity index (χ1n) is 8.72. The van der Waals surface area contributed by atoms with E-state index < -0.39 is 0 Å². The third kappa shape index (κ3) is 9.92. The zero-order chi connectivity index (χ0) is 16.9. The van der Waals surface area contributed by atoms with E-state index in [1.165, 1.54) is 44.9 Å². The minimum atomic E-state index is 0.0166. The number of hydrogen-bond donors (Lipinski definition) is 1. The van der Waals surface area contributed by atoms with E-state index in [-0.39, 0.29) is 5.91 Å². The maximum absolute atomic E-state index is 11.8. The predicted octanol–water partition coefficient (Wildman–Crippen LogP) is 6.27. The van der Waals surface area contributed by atoms with Crippen LogP contribution in [0.25, 0.3) is 0 Å². The highest BCUT2D eigenvalue weighted by Crippen LogP contribution is 2.22. The Kier molecular flexibility index (Phi) is 11.3. The number of hydrazone groups is 1. The Bertz CT molecular complexity index is 485. The molecule has 1 amide bonds. The third-order valence-corrected chi connectivity index (χ3v) is 5.52. The molecular weight excluding hydrogens is 372 g/mol. The van der Waals surface area contributed by atoms with Crippen molar-refractivity contribution in [2.75, 3.05) is 0 Å². The van der Waals surface area contributed by atoms with Crippen molar-refractivity contribution in [3.05, 3.63) is 20.8 Å². The van der Waals surface area contributed by atoms with Crippen LogP contribution in [0.3, 0.4) is 0 Å². The van der Waals surface area contributed by atoms with Crippen molar-refractivity contribution < 1.29 is 4.79 Å². The van der Waals surface area contributed by atoms with E-state index in [2.05, 4.69) is 33.4 Å². The fourth-order valence-corrected chi connectivity index (χ4v) is 3.69. The molecule has 0 aliphatic heterocycles. The molecule has 0 aliphatic rings. The van der Waals surface area contributed by atoms with Crippen molar-refractivity contribution in [2.45, 2.75) is 78.1 Å². The van der Waals surface area contributed by atoms with Gasteiger partial charge in [0.05, 0.1) is 14.4 Å². The number of thiophene rings is 1. The molecule has 0 saturated heterocycles. The Morgan fingerprint density at radius 1 is 1.09 bits per heavy atom. The second kappa shape index (κ2) is 12.7. The number of nitrogens with one attached hydrogen (secondary N) is 1. The number of unbranched alkanes of at least 4 members (excludes halogenated alkanes) is 8. The number of nitrogens with zero attached hydrogens (tertiary/aromatic N) is 1. The van der Waals surface area contributed by atoms with E-state index >= 15 is 0 Å². The topological polar surface area (TPSA) is 41.5 Å². The second-order valence-electron chi connectivity index (χ2n) is 5.91. The summed E-state index contributed by atoms with van der Waals surface area (Å²) in [5, 5.41) is 4.17. The Labute approximate surface area is 153 Å². The molecule has 1 N–H and O–H groups in total.